The van der Waals surface area contributed by atoms with Crippen molar-refractivity contribution in [2.75, 3.05) is 28.4 Å². The Kier molecular flexibility index (Phi) is 4.61. The normalized spacial score (nSPS) is 33.7. The van der Waals surface area contributed by atoms with E-state index in [0.29, 0.717) is 12.3 Å². The first-order chi connectivity index (χ1) is 8.43. The topological polar surface area (TPSA) is 108 Å². The van der Waals surface area contributed by atoms with Crippen LogP contribution in [0.3, 0.4) is 0 Å². The summed E-state index contributed by atoms with van der Waals surface area (Å²) in [6.45, 7) is 1.87. The van der Waals surface area contributed by atoms with Crippen molar-refractivity contribution in [1.29, 1.82) is 0 Å². The molecule has 9 heteroatoms. The Morgan fingerprint density at radius 1 is 1.11 bits per heavy atom. The number of nitrogens with two attached hydrogens (primary N) is 2. The van der Waals surface area contributed by atoms with Crippen molar-refractivity contribution >= 4 is 5.84 Å². The fraction of sp³-hybridized carbons (Fsp3) is 0.889. The van der Waals surface area contributed by atoms with Crippen LogP contribution < -0.4 is 11.5 Å². The van der Waals surface area contributed by atoms with Gasteiger partial charge in [-0.1, -0.05) is 12.0 Å². The van der Waals surface area contributed by atoms with E-state index < -0.39 is 11.9 Å². The molecule has 2 unspecified atom stereocenters. The fourth-order valence-electron chi connectivity index (χ4n) is 1.79. The lowest BCUT2D eigenvalue weighted by Gasteiger charge is -2.51. The number of aliphatic imine (C=N–C) groups is 1. The van der Waals surface area contributed by atoms with Gasteiger partial charge in [-0.2, -0.15) is 5.06 Å². The van der Waals surface area contributed by atoms with Gasteiger partial charge in [-0.15, -0.1) is 0 Å². The average molecular weight is 263 g/mol. The first-order valence-electron chi connectivity index (χ1n) is 5.39. The molecular formula is C9H21N5O4. The highest BCUT2D eigenvalue weighted by Gasteiger charge is 2.56. The van der Waals surface area contributed by atoms with Gasteiger partial charge in [-0.05, 0) is 0 Å². The van der Waals surface area contributed by atoms with Crippen molar-refractivity contribution in [3.8, 4) is 0 Å². The number of ether oxygens (including phenoxy) is 2. The van der Waals surface area contributed by atoms with E-state index in [9.17, 15) is 0 Å². The lowest BCUT2D eigenvalue weighted by atomic mass is 10.3. The number of rotatable bonds is 5. The molecule has 0 saturated carbocycles. The molecule has 0 aromatic rings. The summed E-state index contributed by atoms with van der Waals surface area (Å²) >= 11 is 0. The van der Waals surface area contributed by atoms with Crippen molar-refractivity contribution in [1.82, 2.24) is 10.1 Å². The minimum Gasteiger partial charge on any atom is -0.330 e. The second kappa shape index (κ2) is 5.45. The molecule has 1 rings (SSSR count). The van der Waals surface area contributed by atoms with Gasteiger partial charge in [0.2, 0.25) is 0 Å². The Balaban J connectivity index is 3.36. The third-order valence-electron chi connectivity index (χ3n) is 2.68. The van der Waals surface area contributed by atoms with Gasteiger partial charge in [-0.3, -0.25) is 21.1 Å². The Bertz CT molecular complexity index is 328. The van der Waals surface area contributed by atoms with Gasteiger partial charge < -0.3 is 9.47 Å². The summed E-state index contributed by atoms with van der Waals surface area (Å²) in [6, 6.07) is 0. The Morgan fingerprint density at radius 2 is 1.72 bits per heavy atom. The lowest BCUT2D eigenvalue weighted by molar-refractivity contribution is -0.451. The monoisotopic (exact) mass is 263 g/mol. The Hall–Kier alpha value is -0.810. The first kappa shape index (κ1) is 15.2. The molecule has 1 aliphatic heterocycles. The highest BCUT2D eigenvalue weighted by Crippen LogP contribution is 2.30. The molecule has 0 aromatic heterocycles. The van der Waals surface area contributed by atoms with Crippen molar-refractivity contribution < 1.29 is 19.1 Å². The molecule has 0 saturated heterocycles. The zero-order valence-electron chi connectivity index (χ0n) is 11.3. The highest BCUT2D eigenvalue weighted by molar-refractivity contribution is 5.82. The Labute approximate surface area is 106 Å². The van der Waals surface area contributed by atoms with Crippen LogP contribution in [0.4, 0.5) is 0 Å². The van der Waals surface area contributed by atoms with E-state index >= 15 is 0 Å². The molecule has 0 spiro atoms. The van der Waals surface area contributed by atoms with E-state index in [0.717, 1.165) is 5.06 Å². The summed E-state index contributed by atoms with van der Waals surface area (Å²) in [4.78, 5) is 14.5. The summed E-state index contributed by atoms with van der Waals surface area (Å²) in [6.07, 6.45) is 0.524. The van der Waals surface area contributed by atoms with Gasteiger partial charge in [0.1, 0.15) is 5.84 Å². The highest BCUT2D eigenvalue weighted by atomic mass is 16.8. The summed E-state index contributed by atoms with van der Waals surface area (Å²) in [7, 11) is 5.60. The van der Waals surface area contributed by atoms with E-state index in [4.69, 9.17) is 30.6 Å². The summed E-state index contributed by atoms with van der Waals surface area (Å²) in [5, 5.41) is 2.32. The van der Waals surface area contributed by atoms with Crippen LogP contribution in [-0.4, -0.2) is 56.3 Å². The maximum absolute atomic E-state index is 6.12. The molecule has 0 bridgehead atoms. The van der Waals surface area contributed by atoms with E-state index in [1.54, 1.807) is 0 Å². The van der Waals surface area contributed by atoms with Crippen LogP contribution in [0.15, 0.2) is 4.99 Å². The van der Waals surface area contributed by atoms with E-state index in [1.807, 2.05) is 6.92 Å². The number of methoxy groups -OCH3 is 2. The maximum Gasteiger partial charge on any atom is 0.311 e. The minimum absolute atomic E-state index is 0.472. The quantitative estimate of drug-likeness (QED) is 0.606. The maximum atomic E-state index is 6.12. The predicted octanol–water partition coefficient (Wildman–Crippen LogP) is -1.03. The number of hydroxylamine groups is 4. The molecule has 0 aliphatic carbocycles. The van der Waals surface area contributed by atoms with Crippen LogP contribution in [0.1, 0.15) is 13.3 Å². The van der Waals surface area contributed by atoms with Gasteiger partial charge in [0.25, 0.3) is 0 Å². The molecule has 9 nitrogen and oxygen atoms in total. The molecule has 106 valence electrons. The lowest BCUT2D eigenvalue weighted by Crippen LogP contribution is -2.79. The molecule has 18 heavy (non-hydrogen) atoms. The second-order valence-corrected chi connectivity index (χ2v) is 3.56. The summed E-state index contributed by atoms with van der Waals surface area (Å²) in [5.74, 6) is -2.72. The van der Waals surface area contributed by atoms with Gasteiger partial charge in [-0.25, -0.2) is 4.99 Å². The molecule has 1 heterocycles. The average Bonchev–Trinajstić information content (AvgIpc) is 2.38. The van der Waals surface area contributed by atoms with Crippen LogP contribution in [0.25, 0.3) is 0 Å². The van der Waals surface area contributed by atoms with Gasteiger partial charge in [0.15, 0.2) is 0 Å². The number of amidine groups is 1. The zero-order valence-corrected chi connectivity index (χ0v) is 11.3. The van der Waals surface area contributed by atoms with Gasteiger partial charge in [0.05, 0.1) is 14.2 Å². The van der Waals surface area contributed by atoms with Crippen molar-refractivity contribution in [3.63, 3.8) is 0 Å². The van der Waals surface area contributed by atoms with Crippen molar-refractivity contribution in [2.45, 2.75) is 25.3 Å². The van der Waals surface area contributed by atoms with E-state index in [1.165, 1.54) is 33.5 Å². The molecule has 0 radical (unpaired) electrons. The minimum atomic E-state index is -1.60. The van der Waals surface area contributed by atoms with Crippen LogP contribution >= 0.6 is 0 Å². The Morgan fingerprint density at radius 3 is 2.06 bits per heavy atom. The molecular weight excluding hydrogens is 242 g/mol. The fourth-order valence-corrected chi connectivity index (χ4v) is 1.79. The molecule has 1 aliphatic rings. The van der Waals surface area contributed by atoms with Crippen molar-refractivity contribution in [3.05, 3.63) is 0 Å². The third-order valence-corrected chi connectivity index (χ3v) is 2.68. The van der Waals surface area contributed by atoms with E-state index in [-0.39, 0.29) is 0 Å². The number of hydrogen-bond donors (Lipinski definition) is 2. The van der Waals surface area contributed by atoms with Gasteiger partial charge >= 0.3 is 11.9 Å². The van der Waals surface area contributed by atoms with Crippen LogP contribution in [0, 0.1) is 0 Å². The predicted molar refractivity (Wildman–Crippen MR) is 63.3 cm³/mol. The summed E-state index contributed by atoms with van der Waals surface area (Å²) < 4.78 is 10.4. The number of hydrogen-bond acceptors (Lipinski definition) is 9. The smallest absolute Gasteiger partial charge is 0.311 e. The van der Waals surface area contributed by atoms with Crippen LogP contribution in [0.5, 0.6) is 0 Å². The molecule has 0 amide bonds. The zero-order chi connectivity index (χ0) is 14.0. The van der Waals surface area contributed by atoms with E-state index in [2.05, 4.69) is 4.99 Å². The largest absolute Gasteiger partial charge is 0.330 e. The molecule has 0 aromatic carbocycles. The number of nitrogens with zero attached hydrogens (tertiary/aromatic N) is 3. The first-order valence-corrected chi connectivity index (χ1v) is 5.39. The van der Waals surface area contributed by atoms with Crippen LogP contribution in [-0.2, 0) is 19.1 Å². The molecule has 2 atom stereocenters. The third kappa shape index (κ3) is 2.10. The van der Waals surface area contributed by atoms with Crippen molar-refractivity contribution in [2.24, 2.45) is 16.5 Å². The van der Waals surface area contributed by atoms with Crippen LogP contribution in [0.2, 0.25) is 0 Å². The molecule has 0 fully saturated rings. The second-order valence-electron chi connectivity index (χ2n) is 3.56. The SMILES string of the molecule is CCC1=NC(N)(OC)N(OC)C(N)(OC)N1OC. The standard InChI is InChI=1S/C9H21N5O4/c1-6-7-12-8(10,15-2)14(18-5)9(11,16-3)13(7)17-4/h6,10-11H2,1-5H3. The molecule has 4 N–H and O–H groups in total. The van der Waals surface area contributed by atoms with Gasteiger partial charge in [0, 0.05) is 20.6 Å². The summed E-state index contributed by atoms with van der Waals surface area (Å²) in [5.41, 5.74) is 12.1.